The van der Waals surface area contributed by atoms with Crippen molar-refractivity contribution >= 4 is 17.2 Å². The Morgan fingerprint density at radius 2 is 1.67 bits per heavy atom. The van der Waals surface area contributed by atoms with Crippen LogP contribution in [-0.4, -0.2) is 4.99 Å². The summed E-state index contributed by atoms with van der Waals surface area (Å²) >= 11 is 5.03. The lowest BCUT2D eigenvalue weighted by Crippen LogP contribution is -2.10. The number of hydrogen-bond donors (Lipinski definition) is 1. The summed E-state index contributed by atoms with van der Waals surface area (Å²) in [5.74, 6) is 1.72. The maximum Gasteiger partial charge on any atom is 0.127 e. The van der Waals surface area contributed by atoms with E-state index in [0.29, 0.717) is 4.99 Å². The number of rotatable bonds is 3. The van der Waals surface area contributed by atoms with Crippen molar-refractivity contribution in [2.75, 3.05) is 0 Å². The number of benzene rings is 2. The van der Waals surface area contributed by atoms with E-state index in [9.17, 15) is 0 Å². The fourth-order valence-corrected chi connectivity index (χ4v) is 3.11. The molecule has 0 saturated heterocycles. The summed E-state index contributed by atoms with van der Waals surface area (Å²) in [5.41, 5.74) is 10.5. The normalized spacial score (nSPS) is 13.6. The number of hydrogen-bond acceptors (Lipinski definition) is 2. The summed E-state index contributed by atoms with van der Waals surface area (Å²) in [6.45, 7) is 1.99. The molecule has 0 fully saturated rings. The molecule has 0 saturated carbocycles. The first-order valence-corrected chi connectivity index (χ1v) is 7.74. The molecule has 0 bridgehead atoms. The zero-order valence-corrected chi connectivity index (χ0v) is 13.0. The van der Waals surface area contributed by atoms with Crippen LogP contribution in [0.2, 0.25) is 0 Å². The molecule has 1 aliphatic carbocycles. The van der Waals surface area contributed by atoms with Gasteiger partial charge in [0.15, 0.2) is 0 Å². The fraction of sp³-hybridized carbons (Fsp3) is 0.278. The van der Waals surface area contributed by atoms with E-state index in [1.165, 1.54) is 30.4 Å². The lowest BCUT2D eigenvalue weighted by Gasteiger charge is -2.17. The van der Waals surface area contributed by atoms with Crippen molar-refractivity contribution < 1.29 is 4.74 Å². The Morgan fingerprint density at radius 3 is 2.38 bits per heavy atom. The number of nitrogens with two attached hydrogens (primary N) is 1. The van der Waals surface area contributed by atoms with Crippen LogP contribution in [0.1, 0.15) is 35.1 Å². The highest BCUT2D eigenvalue weighted by Gasteiger charge is 2.10. The molecule has 1 aliphatic rings. The lowest BCUT2D eigenvalue weighted by atomic mass is 9.92. The van der Waals surface area contributed by atoms with Crippen LogP contribution in [0.15, 0.2) is 36.4 Å². The molecule has 108 valence electrons. The molecule has 0 aromatic heterocycles. The van der Waals surface area contributed by atoms with Gasteiger partial charge in [-0.25, -0.2) is 0 Å². The zero-order chi connectivity index (χ0) is 14.8. The van der Waals surface area contributed by atoms with Crippen LogP contribution in [0.5, 0.6) is 11.5 Å². The lowest BCUT2D eigenvalue weighted by molar-refractivity contribution is 0.480. The van der Waals surface area contributed by atoms with Gasteiger partial charge in [0.25, 0.3) is 0 Å². The second-order valence-corrected chi connectivity index (χ2v) is 6.02. The summed E-state index contributed by atoms with van der Waals surface area (Å²) in [6, 6.07) is 12.2. The summed E-state index contributed by atoms with van der Waals surface area (Å²) in [5, 5.41) is 0. The highest BCUT2D eigenvalue weighted by Crippen LogP contribution is 2.29. The zero-order valence-electron chi connectivity index (χ0n) is 12.2. The molecule has 0 aliphatic heterocycles. The van der Waals surface area contributed by atoms with Gasteiger partial charge in [-0.05, 0) is 79.6 Å². The van der Waals surface area contributed by atoms with Crippen LogP contribution in [-0.2, 0) is 12.8 Å². The van der Waals surface area contributed by atoms with Crippen molar-refractivity contribution in [3.05, 3.63) is 58.7 Å². The average molecular weight is 297 g/mol. The molecular formula is C18H19NOS. The van der Waals surface area contributed by atoms with Gasteiger partial charge in [-0.3, -0.25) is 0 Å². The summed E-state index contributed by atoms with van der Waals surface area (Å²) in [4.78, 5) is 0.424. The number of ether oxygens (including phenoxy) is 1. The largest absolute Gasteiger partial charge is 0.457 e. The van der Waals surface area contributed by atoms with Crippen LogP contribution in [0.25, 0.3) is 0 Å². The van der Waals surface area contributed by atoms with Gasteiger partial charge in [-0.2, -0.15) is 0 Å². The van der Waals surface area contributed by atoms with E-state index < -0.39 is 0 Å². The van der Waals surface area contributed by atoms with Gasteiger partial charge < -0.3 is 10.5 Å². The van der Waals surface area contributed by atoms with E-state index in [1.54, 1.807) is 0 Å². The SMILES string of the molecule is Cc1cc(Oc2ccc3c(c2)CCCC3)ccc1C(N)=S. The van der Waals surface area contributed by atoms with Gasteiger partial charge >= 0.3 is 0 Å². The number of aryl methyl sites for hydroxylation is 3. The first-order chi connectivity index (χ1) is 10.1. The van der Waals surface area contributed by atoms with Crippen LogP contribution >= 0.6 is 12.2 Å². The van der Waals surface area contributed by atoms with Gasteiger partial charge in [0.1, 0.15) is 16.5 Å². The highest BCUT2D eigenvalue weighted by atomic mass is 32.1. The predicted molar refractivity (Wildman–Crippen MR) is 90.2 cm³/mol. The molecule has 0 unspecified atom stereocenters. The number of thiocarbonyl (C=S) groups is 1. The molecule has 0 radical (unpaired) electrons. The van der Waals surface area contributed by atoms with Crippen molar-refractivity contribution in [2.45, 2.75) is 32.6 Å². The van der Waals surface area contributed by atoms with Gasteiger partial charge in [0.2, 0.25) is 0 Å². The van der Waals surface area contributed by atoms with E-state index >= 15 is 0 Å². The molecule has 2 aromatic rings. The van der Waals surface area contributed by atoms with Crippen LogP contribution in [0.3, 0.4) is 0 Å². The van der Waals surface area contributed by atoms with Crippen LogP contribution < -0.4 is 10.5 Å². The maximum atomic E-state index is 5.98. The third-order valence-corrected chi connectivity index (χ3v) is 4.24. The molecule has 21 heavy (non-hydrogen) atoms. The van der Waals surface area contributed by atoms with Crippen molar-refractivity contribution in [3.63, 3.8) is 0 Å². The van der Waals surface area contributed by atoms with E-state index in [1.807, 2.05) is 25.1 Å². The Morgan fingerprint density at radius 1 is 1.00 bits per heavy atom. The second kappa shape index (κ2) is 5.86. The molecule has 0 heterocycles. The highest BCUT2D eigenvalue weighted by molar-refractivity contribution is 7.80. The third kappa shape index (κ3) is 3.08. The minimum absolute atomic E-state index is 0.424. The van der Waals surface area contributed by atoms with Crippen molar-refractivity contribution in [3.8, 4) is 11.5 Å². The summed E-state index contributed by atoms with van der Waals surface area (Å²) < 4.78 is 5.98. The van der Waals surface area contributed by atoms with Crippen molar-refractivity contribution in [2.24, 2.45) is 5.73 Å². The maximum absolute atomic E-state index is 5.98. The fourth-order valence-electron chi connectivity index (χ4n) is 2.89. The Labute approximate surface area is 130 Å². The minimum Gasteiger partial charge on any atom is -0.457 e. The molecule has 2 aromatic carbocycles. The Hall–Kier alpha value is -1.87. The second-order valence-electron chi connectivity index (χ2n) is 5.58. The van der Waals surface area contributed by atoms with Crippen LogP contribution in [0, 0.1) is 6.92 Å². The van der Waals surface area contributed by atoms with E-state index in [-0.39, 0.29) is 0 Å². The van der Waals surface area contributed by atoms with Gasteiger partial charge in [0.05, 0.1) is 0 Å². The van der Waals surface area contributed by atoms with Gasteiger partial charge in [0, 0.05) is 5.56 Å². The van der Waals surface area contributed by atoms with E-state index in [4.69, 9.17) is 22.7 Å². The Kier molecular flexibility index (Phi) is 3.93. The molecule has 3 rings (SSSR count). The first-order valence-electron chi connectivity index (χ1n) is 7.33. The smallest absolute Gasteiger partial charge is 0.127 e. The van der Waals surface area contributed by atoms with Gasteiger partial charge in [-0.15, -0.1) is 0 Å². The molecule has 2 nitrogen and oxygen atoms in total. The topological polar surface area (TPSA) is 35.2 Å². The quantitative estimate of drug-likeness (QED) is 0.858. The third-order valence-electron chi connectivity index (χ3n) is 4.02. The van der Waals surface area contributed by atoms with E-state index in [0.717, 1.165) is 29.0 Å². The van der Waals surface area contributed by atoms with Crippen molar-refractivity contribution in [1.29, 1.82) is 0 Å². The Bertz CT molecular complexity index is 694. The van der Waals surface area contributed by atoms with Gasteiger partial charge in [-0.1, -0.05) is 18.3 Å². The Balaban J connectivity index is 1.83. The predicted octanol–water partition coefficient (Wildman–Crippen LogP) is 4.30. The first kappa shape index (κ1) is 14.1. The summed E-state index contributed by atoms with van der Waals surface area (Å²) in [7, 11) is 0. The molecular weight excluding hydrogens is 278 g/mol. The molecule has 0 spiro atoms. The number of fused-ring (bicyclic) bond motifs is 1. The minimum atomic E-state index is 0.424. The standard InChI is InChI=1S/C18H19NOS/c1-12-10-15(8-9-17(12)18(19)21)20-16-7-6-13-4-2-3-5-14(13)11-16/h6-11H,2-5H2,1H3,(H2,19,21). The van der Waals surface area contributed by atoms with E-state index in [2.05, 4.69) is 18.2 Å². The molecule has 0 atom stereocenters. The van der Waals surface area contributed by atoms with Crippen molar-refractivity contribution in [1.82, 2.24) is 0 Å². The molecule has 0 amide bonds. The summed E-state index contributed by atoms with van der Waals surface area (Å²) in [6.07, 6.45) is 4.92. The average Bonchev–Trinajstić information content (AvgIpc) is 2.47. The molecule has 3 heteroatoms. The molecule has 2 N–H and O–H groups in total. The van der Waals surface area contributed by atoms with Crippen LogP contribution in [0.4, 0.5) is 0 Å². The monoisotopic (exact) mass is 297 g/mol.